The van der Waals surface area contributed by atoms with Crippen LogP contribution >= 0.6 is 0 Å². The maximum Gasteiger partial charge on any atom is 0.308 e. The monoisotopic (exact) mass is 498 g/mol. The van der Waals surface area contributed by atoms with E-state index in [1.54, 1.807) is 7.11 Å². The number of nitrogens with zero attached hydrogens (tertiary/aromatic N) is 1. The van der Waals surface area contributed by atoms with Crippen LogP contribution in [-0.4, -0.2) is 48.3 Å². The molecule has 2 bridgehead atoms. The molecule has 3 aliphatic heterocycles. The number of hydrogen-bond acceptors (Lipinski definition) is 4. The predicted molar refractivity (Wildman–Crippen MR) is 147 cm³/mol. The average Bonchev–Trinajstić information content (AvgIpc) is 2.93. The van der Waals surface area contributed by atoms with Crippen molar-refractivity contribution in [2.45, 2.75) is 50.7 Å². The van der Waals surface area contributed by atoms with Gasteiger partial charge in [-0.2, -0.15) is 0 Å². The molecule has 0 aliphatic carbocycles. The molecule has 0 radical (unpaired) electrons. The Hall–Kier alpha value is -3.15. The van der Waals surface area contributed by atoms with Crippen LogP contribution in [0.4, 0.5) is 0 Å². The molecule has 3 aromatic carbocycles. The summed E-state index contributed by atoms with van der Waals surface area (Å²) in [6, 6.07) is 28.0. The molecule has 0 amide bonds. The summed E-state index contributed by atoms with van der Waals surface area (Å²) in [5.74, 6) is 0.454. The van der Waals surface area contributed by atoms with Crippen LogP contribution in [-0.2, 0) is 11.3 Å². The number of carboxylic acid groups (broad SMARTS) is 1. The summed E-state index contributed by atoms with van der Waals surface area (Å²) < 4.78 is 5.71. The van der Waals surface area contributed by atoms with Crippen molar-refractivity contribution in [2.75, 3.05) is 20.2 Å². The van der Waals surface area contributed by atoms with Gasteiger partial charge in [0, 0.05) is 36.7 Å². The summed E-state index contributed by atoms with van der Waals surface area (Å²) >= 11 is 0. The highest BCUT2D eigenvalue weighted by Crippen LogP contribution is 2.44. The molecule has 37 heavy (non-hydrogen) atoms. The second-order valence-corrected chi connectivity index (χ2v) is 10.8. The van der Waals surface area contributed by atoms with Crippen LogP contribution in [0, 0.1) is 11.8 Å². The van der Waals surface area contributed by atoms with Crippen LogP contribution < -0.4 is 10.1 Å². The quantitative estimate of drug-likeness (QED) is 0.407. The number of fused-ring (bicyclic) bond motifs is 3. The Morgan fingerprint density at radius 3 is 2.22 bits per heavy atom. The van der Waals surface area contributed by atoms with E-state index in [1.807, 2.05) is 0 Å². The lowest BCUT2D eigenvalue weighted by molar-refractivity contribution is -0.152. The highest BCUT2D eigenvalue weighted by molar-refractivity contribution is 5.71. The van der Waals surface area contributed by atoms with Crippen molar-refractivity contribution >= 4 is 5.97 Å². The van der Waals surface area contributed by atoms with Gasteiger partial charge in [-0.1, -0.05) is 86.6 Å². The summed E-state index contributed by atoms with van der Waals surface area (Å²) in [6.45, 7) is 6.57. The van der Waals surface area contributed by atoms with Crippen LogP contribution in [0.25, 0.3) is 0 Å². The summed E-state index contributed by atoms with van der Waals surface area (Å²) in [7, 11) is 1.71. The fourth-order valence-electron chi connectivity index (χ4n) is 6.56. The van der Waals surface area contributed by atoms with E-state index in [1.165, 1.54) is 16.7 Å². The third-order valence-electron chi connectivity index (χ3n) is 8.42. The van der Waals surface area contributed by atoms with Gasteiger partial charge >= 0.3 is 5.97 Å². The maximum atomic E-state index is 12.3. The lowest BCUT2D eigenvalue weighted by Gasteiger charge is -2.56. The summed E-state index contributed by atoms with van der Waals surface area (Å²) in [5.41, 5.74) is 4.93. The first-order valence-corrected chi connectivity index (χ1v) is 13.4. The number of piperidine rings is 3. The normalized spacial score (nSPS) is 24.9. The Balaban J connectivity index is 1.54. The molecular formula is C32H38N2O3. The molecule has 1 unspecified atom stereocenters. The van der Waals surface area contributed by atoms with Crippen LogP contribution in [0.3, 0.4) is 0 Å². The van der Waals surface area contributed by atoms with Gasteiger partial charge in [-0.15, -0.1) is 0 Å². The van der Waals surface area contributed by atoms with Gasteiger partial charge in [-0.3, -0.25) is 9.69 Å². The van der Waals surface area contributed by atoms with Crippen molar-refractivity contribution in [1.29, 1.82) is 0 Å². The second kappa shape index (κ2) is 11.1. The number of aliphatic carboxylic acids is 1. The SMILES string of the molecule is COc1ccc(C(C)C)cc1CN[C@H]1[C@H]2CCN(C[C@@H]2C(=O)O)[C@H]1C(c1ccccc1)c1ccccc1. The zero-order valence-corrected chi connectivity index (χ0v) is 22.0. The van der Waals surface area contributed by atoms with Gasteiger partial charge in [-0.05, 0) is 47.6 Å². The van der Waals surface area contributed by atoms with Crippen molar-refractivity contribution in [3.8, 4) is 5.75 Å². The average molecular weight is 499 g/mol. The Morgan fingerprint density at radius 2 is 1.65 bits per heavy atom. The van der Waals surface area contributed by atoms with Crippen LogP contribution in [0.2, 0.25) is 0 Å². The minimum absolute atomic E-state index is 0.0291. The molecular weight excluding hydrogens is 460 g/mol. The molecule has 3 heterocycles. The van der Waals surface area contributed by atoms with Crippen LogP contribution in [0.15, 0.2) is 78.9 Å². The number of carbonyl (C=O) groups is 1. The van der Waals surface area contributed by atoms with Gasteiger partial charge < -0.3 is 15.2 Å². The third kappa shape index (κ3) is 5.16. The topological polar surface area (TPSA) is 61.8 Å². The molecule has 3 fully saturated rings. The summed E-state index contributed by atoms with van der Waals surface area (Å²) in [4.78, 5) is 14.8. The fourth-order valence-corrected chi connectivity index (χ4v) is 6.56. The Morgan fingerprint density at radius 1 is 1.00 bits per heavy atom. The van der Waals surface area contributed by atoms with E-state index in [9.17, 15) is 9.90 Å². The molecule has 0 aromatic heterocycles. The van der Waals surface area contributed by atoms with Gasteiger partial charge in [0.1, 0.15) is 5.75 Å². The molecule has 0 spiro atoms. The summed E-state index contributed by atoms with van der Waals surface area (Å²) in [5, 5.41) is 14.0. The van der Waals surface area contributed by atoms with E-state index >= 15 is 0 Å². The van der Waals surface area contributed by atoms with Crippen LogP contribution in [0.5, 0.6) is 5.75 Å². The third-order valence-corrected chi connectivity index (χ3v) is 8.42. The number of benzene rings is 3. The Bertz CT molecular complexity index is 1160. The lowest BCUT2D eigenvalue weighted by atomic mass is 9.66. The number of hydrogen-bond donors (Lipinski definition) is 2. The zero-order valence-electron chi connectivity index (χ0n) is 22.0. The van der Waals surface area contributed by atoms with E-state index in [0.717, 1.165) is 24.3 Å². The molecule has 3 aliphatic rings. The molecule has 5 nitrogen and oxygen atoms in total. The van der Waals surface area contributed by atoms with Gasteiger partial charge in [0.25, 0.3) is 0 Å². The minimum atomic E-state index is -0.685. The van der Waals surface area contributed by atoms with Crippen molar-refractivity contribution in [3.63, 3.8) is 0 Å². The van der Waals surface area contributed by atoms with Gasteiger partial charge in [0.2, 0.25) is 0 Å². The van der Waals surface area contributed by atoms with Gasteiger partial charge in [0.15, 0.2) is 0 Å². The molecule has 6 rings (SSSR count). The maximum absolute atomic E-state index is 12.3. The molecule has 5 atom stereocenters. The number of rotatable bonds is 9. The fraction of sp³-hybridized carbons (Fsp3) is 0.406. The predicted octanol–water partition coefficient (Wildman–Crippen LogP) is 5.51. The lowest BCUT2D eigenvalue weighted by Crippen LogP contribution is -2.68. The first-order valence-electron chi connectivity index (χ1n) is 13.4. The number of methoxy groups -OCH3 is 1. The highest BCUT2D eigenvalue weighted by atomic mass is 16.5. The molecule has 3 aromatic rings. The zero-order chi connectivity index (χ0) is 25.9. The van der Waals surface area contributed by atoms with Crippen molar-refractivity contribution in [2.24, 2.45) is 11.8 Å². The first kappa shape index (κ1) is 25.5. The summed E-state index contributed by atoms with van der Waals surface area (Å²) in [6.07, 6.45) is 0.893. The largest absolute Gasteiger partial charge is 0.496 e. The van der Waals surface area contributed by atoms with Gasteiger partial charge in [-0.25, -0.2) is 0 Å². The van der Waals surface area contributed by atoms with E-state index in [4.69, 9.17) is 4.74 Å². The standard InChI is InChI=1S/C32H38N2O3/c1-21(2)24-14-15-28(37-3)25(18-24)19-33-30-26-16-17-34(20-27(26)32(35)36)31(30)29(22-10-6-4-7-11-22)23-12-8-5-9-13-23/h4-15,18,21,26-27,29-31,33H,16-17,19-20H2,1-3H3,(H,35,36)/t26-,27-,30-,31-/m0/s1. The number of carboxylic acids is 1. The van der Waals surface area contributed by atoms with Crippen molar-refractivity contribution < 1.29 is 14.6 Å². The minimum Gasteiger partial charge on any atom is -0.496 e. The van der Waals surface area contributed by atoms with E-state index in [0.29, 0.717) is 19.0 Å². The molecule has 2 N–H and O–H groups in total. The number of ether oxygens (including phenoxy) is 1. The van der Waals surface area contributed by atoms with Crippen molar-refractivity contribution in [1.82, 2.24) is 10.2 Å². The molecule has 0 saturated carbocycles. The highest BCUT2D eigenvalue weighted by Gasteiger charge is 2.52. The Kier molecular flexibility index (Phi) is 7.63. The van der Waals surface area contributed by atoms with Crippen molar-refractivity contribution in [3.05, 3.63) is 101 Å². The molecule has 3 saturated heterocycles. The first-order chi connectivity index (χ1) is 18.0. The molecule has 194 valence electrons. The second-order valence-electron chi connectivity index (χ2n) is 10.8. The number of nitrogens with one attached hydrogen (secondary N) is 1. The Labute approximate surface area is 220 Å². The van der Waals surface area contributed by atoms with Gasteiger partial charge in [0.05, 0.1) is 13.0 Å². The van der Waals surface area contributed by atoms with Crippen LogP contribution in [0.1, 0.15) is 54.4 Å². The van der Waals surface area contributed by atoms with E-state index in [2.05, 4.69) is 103 Å². The van der Waals surface area contributed by atoms with E-state index < -0.39 is 5.97 Å². The smallest absolute Gasteiger partial charge is 0.308 e. The molecule has 5 heteroatoms. The van der Waals surface area contributed by atoms with E-state index in [-0.39, 0.29) is 29.8 Å².